The second-order valence-electron chi connectivity index (χ2n) is 8.02. The van der Waals surface area contributed by atoms with Crippen LogP contribution in [0.2, 0.25) is 0 Å². The van der Waals surface area contributed by atoms with Crippen LogP contribution in [0.15, 0.2) is 57.8 Å². The number of carbonyl (C=O) groups excluding carboxylic acids is 1. The summed E-state index contributed by atoms with van der Waals surface area (Å²) < 4.78 is 27.4. The summed E-state index contributed by atoms with van der Waals surface area (Å²) in [4.78, 5) is 20.2. The lowest BCUT2D eigenvalue weighted by atomic mass is 10.2. The predicted molar refractivity (Wildman–Crippen MR) is 128 cm³/mol. The van der Waals surface area contributed by atoms with Gasteiger partial charge in [0.25, 0.3) is 15.9 Å². The molecule has 2 aromatic rings. The molecule has 0 bridgehead atoms. The van der Waals surface area contributed by atoms with Crippen molar-refractivity contribution in [3.63, 3.8) is 0 Å². The van der Waals surface area contributed by atoms with Gasteiger partial charge < -0.3 is 15.1 Å². The number of amides is 1. The highest BCUT2D eigenvalue weighted by Crippen LogP contribution is 2.42. The van der Waals surface area contributed by atoms with Gasteiger partial charge in [-0.05, 0) is 42.1 Å². The molecule has 3 heterocycles. The maximum absolute atomic E-state index is 12.7. The van der Waals surface area contributed by atoms with E-state index in [-0.39, 0.29) is 11.7 Å². The normalized spacial score (nSPS) is 19.8. The van der Waals surface area contributed by atoms with Crippen LogP contribution < -0.4 is 15.1 Å². The summed E-state index contributed by atoms with van der Waals surface area (Å²) in [7, 11) is -3.38. The summed E-state index contributed by atoms with van der Waals surface area (Å²) in [5, 5.41) is 3.48. The van der Waals surface area contributed by atoms with E-state index in [1.165, 1.54) is 17.4 Å². The quantitative estimate of drug-likeness (QED) is 0.712. The first-order valence-corrected chi connectivity index (χ1v) is 13.1. The van der Waals surface area contributed by atoms with Crippen molar-refractivity contribution >= 4 is 44.2 Å². The van der Waals surface area contributed by atoms with Crippen molar-refractivity contribution in [2.75, 3.05) is 61.4 Å². The molecule has 8 nitrogen and oxygen atoms in total. The zero-order chi connectivity index (χ0) is 22.1. The van der Waals surface area contributed by atoms with Gasteiger partial charge in [0.15, 0.2) is 5.17 Å². The largest absolute Gasteiger partial charge is 0.369 e. The van der Waals surface area contributed by atoms with Crippen LogP contribution in [0.3, 0.4) is 0 Å². The lowest BCUT2D eigenvalue weighted by Crippen LogP contribution is -2.48. The number of hydrogen-bond acceptors (Lipinski definition) is 7. The molecule has 0 unspecified atom stereocenters. The Bertz CT molecular complexity index is 1150. The zero-order valence-corrected chi connectivity index (χ0v) is 19.2. The Morgan fingerprint density at radius 3 is 2.59 bits per heavy atom. The fraction of sp³-hybridized carbons (Fsp3) is 0.364. The molecule has 168 valence electrons. The van der Waals surface area contributed by atoms with Crippen molar-refractivity contribution in [1.29, 1.82) is 0 Å². The molecular formula is C22H25N5O3S2. The number of rotatable bonds is 5. The molecule has 1 N–H and O–H groups in total. The third-order valence-electron chi connectivity index (χ3n) is 5.94. The predicted octanol–water partition coefficient (Wildman–Crippen LogP) is 1.85. The molecule has 0 aromatic heterocycles. The van der Waals surface area contributed by atoms with Crippen LogP contribution in [0.1, 0.15) is 10.4 Å². The van der Waals surface area contributed by atoms with Crippen LogP contribution in [0.25, 0.3) is 0 Å². The van der Waals surface area contributed by atoms with Crippen molar-refractivity contribution in [1.82, 2.24) is 10.2 Å². The second kappa shape index (κ2) is 8.76. The molecule has 0 radical (unpaired) electrons. The Hall–Kier alpha value is -2.56. The van der Waals surface area contributed by atoms with E-state index in [0.717, 1.165) is 43.3 Å². The Morgan fingerprint density at radius 1 is 1.03 bits per heavy atom. The zero-order valence-electron chi connectivity index (χ0n) is 17.6. The molecule has 2 aromatic carbocycles. The number of fused-ring (bicyclic) bond motifs is 3. The van der Waals surface area contributed by atoms with E-state index in [4.69, 9.17) is 0 Å². The number of amidine groups is 1. The molecular weight excluding hydrogens is 446 g/mol. The van der Waals surface area contributed by atoms with E-state index >= 15 is 0 Å². The minimum atomic E-state index is -3.38. The molecule has 1 fully saturated rings. The van der Waals surface area contributed by atoms with Gasteiger partial charge in [-0.25, -0.2) is 8.42 Å². The number of piperazine rings is 1. The van der Waals surface area contributed by atoms with Gasteiger partial charge in [0, 0.05) is 62.0 Å². The fourth-order valence-electron chi connectivity index (χ4n) is 4.17. The van der Waals surface area contributed by atoms with Gasteiger partial charge >= 0.3 is 0 Å². The number of carbonyl (C=O) groups is 1. The van der Waals surface area contributed by atoms with Gasteiger partial charge in [-0.15, -0.1) is 4.40 Å². The molecule has 3 aliphatic heterocycles. The molecule has 0 saturated carbocycles. The average Bonchev–Trinajstić information content (AvgIpc) is 3.15. The smallest absolute Gasteiger partial charge is 0.257 e. The first kappa shape index (κ1) is 21.3. The summed E-state index contributed by atoms with van der Waals surface area (Å²) in [6, 6.07) is 15.9. The molecule has 10 heteroatoms. The van der Waals surface area contributed by atoms with Crippen LogP contribution in [-0.4, -0.2) is 76.0 Å². The number of anilines is 2. The number of nitrogens with one attached hydrogen (secondary N) is 1. The molecule has 0 spiro atoms. The number of thioether (sulfide) groups is 1. The van der Waals surface area contributed by atoms with Crippen molar-refractivity contribution < 1.29 is 13.2 Å². The minimum absolute atomic E-state index is 0.0122. The van der Waals surface area contributed by atoms with Gasteiger partial charge in [0.05, 0.1) is 11.4 Å². The molecule has 1 amide bonds. The lowest BCUT2D eigenvalue weighted by Gasteiger charge is -2.36. The van der Waals surface area contributed by atoms with E-state index in [1.54, 1.807) is 6.07 Å². The van der Waals surface area contributed by atoms with Gasteiger partial charge in [0.1, 0.15) is 0 Å². The number of sulfonamides is 1. The van der Waals surface area contributed by atoms with Gasteiger partial charge in [-0.1, -0.05) is 18.2 Å². The second-order valence-corrected chi connectivity index (χ2v) is 10.8. The first-order chi connectivity index (χ1) is 15.5. The first-order valence-electron chi connectivity index (χ1n) is 10.7. The molecule has 3 aliphatic rings. The van der Waals surface area contributed by atoms with Crippen LogP contribution in [0.5, 0.6) is 0 Å². The summed E-state index contributed by atoms with van der Waals surface area (Å²) >= 11 is 1.30. The van der Waals surface area contributed by atoms with Gasteiger partial charge in [-0.2, -0.15) is 0 Å². The van der Waals surface area contributed by atoms with Gasteiger partial charge in [0.2, 0.25) is 0 Å². The summed E-state index contributed by atoms with van der Waals surface area (Å²) in [5.74, 6) is -0.103. The van der Waals surface area contributed by atoms with Crippen LogP contribution in [0, 0.1) is 0 Å². The van der Waals surface area contributed by atoms with Crippen LogP contribution >= 0.6 is 11.8 Å². The highest BCUT2D eigenvalue weighted by molar-refractivity contribution is 8.15. The highest BCUT2D eigenvalue weighted by atomic mass is 32.2. The van der Waals surface area contributed by atoms with Crippen LogP contribution in [-0.2, 0) is 10.0 Å². The molecule has 0 atom stereocenters. The highest BCUT2D eigenvalue weighted by Gasteiger charge is 2.33. The SMILES string of the molecule is O=C(NCCN1CCN(c2ccccc2)CC1)c1ccc2c(c1)SC1=NS(=O)(=O)CCN12. The monoisotopic (exact) mass is 471 g/mol. The van der Waals surface area contributed by atoms with Crippen LogP contribution in [0.4, 0.5) is 11.4 Å². The van der Waals surface area contributed by atoms with E-state index < -0.39 is 10.0 Å². The van der Waals surface area contributed by atoms with Crippen molar-refractivity contribution in [3.05, 3.63) is 54.1 Å². The summed E-state index contributed by atoms with van der Waals surface area (Å²) in [6.45, 7) is 5.71. The number of benzene rings is 2. The molecule has 5 rings (SSSR count). The fourth-order valence-corrected chi connectivity index (χ4v) is 6.47. The molecule has 32 heavy (non-hydrogen) atoms. The standard InChI is InChI=1S/C22H25N5O3S2/c28-21(23-8-9-25-10-12-26(13-11-25)18-4-2-1-3-5-18)17-6-7-19-20(16-17)31-22-24-32(29,30)15-14-27(19)22/h1-7,16H,8-15H2,(H,23,28). The Morgan fingerprint density at radius 2 is 1.81 bits per heavy atom. The van der Waals surface area contributed by atoms with E-state index in [1.807, 2.05) is 23.1 Å². The van der Waals surface area contributed by atoms with Gasteiger partial charge in [-0.3, -0.25) is 9.69 Å². The summed E-state index contributed by atoms with van der Waals surface area (Å²) in [5.41, 5.74) is 2.75. The van der Waals surface area contributed by atoms with Crippen molar-refractivity contribution in [2.24, 2.45) is 4.40 Å². The Labute approximate surface area is 192 Å². The Kier molecular flexibility index (Phi) is 5.83. The number of nitrogens with zero attached hydrogens (tertiary/aromatic N) is 4. The minimum Gasteiger partial charge on any atom is -0.369 e. The van der Waals surface area contributed by atoms with Crippen molar-refractivity contribution in [2.45, 2.75) is 4.90 Å². The van der Waals surface area contributed by atoms with E-state index in [0.29, 0.717) is 23.8 Å². The molecule has 0 aliphatic carbocycles. The lowest BCUT2D eigenvalue weighted by molar-refractivity contribution is 0.0947. The number of hydrogen-bond donors (Lipinski definition) is 1. The Balaban J connectivity index is 1.12. The number of para-hydroxylation sites is 1. The molecule has 1 saturated heterocycles. The third-order valence-corrected chi connectivity index (χ3v) is 8.25. The summed E-state index contributed by atoms with van der Waals surface area (Å²) in [6.07, 6.45) is 0. The van der Waals surface area contributed by atoms with E-state index in [9.17, 15) is 13.2 Å². The maximum Gasteiger partial charge on any atom is 0.257 e. The maximum atomic E-state index is 12.7. The third kappa shape index (κ3) is 4.48. The average molecular weight is 472 g/mol. The van der Waals surface area contributed by atoms with E-state index in [2.05, 4.69) is 43.8 Å². The topological polar surface area (TPSA) is 85.3 Å². The van der Waals surface area contributed by atoms with Crippen molar-refractivity contribution in [3.8, 4) is 0 Å².